The fourth-order valence-corrected chi connectivity index (χ4v) is 1.98. The number of nitriles is 1. The van der Waals surface area contributed by atoms with Gasteiger partial charge in [0.2, 0.25) is 0 Å². The van der Waals surface area contributed by atoms with Gasteiger partial charge in [-0.3, -0.25) is 0 Å². The van der Waals surface area contributed by atoms with Crippen molar-refractivity contribution in [2.24, 2.45) is 0 Å². The Kier molecular flexibility index (Phi) is 4.62. The van der Waals surface area contributed by atoms with Crippen LogP contribution < -0.4 is 9.47 Å². The summed E-state index contributed by atoms with van der Waals surface area (Å²) in [5.74, 6) is 1.56. The molecule has 2 rings (SSSR count). The molecule has 0 N–H and O–H groups in total. The standard InChI is InChI=1S/C17H17NO2/c1-3-13-5-4-6-16(10-13)20-12-15-9-14(11-18)7-8-17(15)19-2/h4-10H,3,12H2,1-2H3. The van der Waals surface area contributed by atoms with Crippen molar-refractivity contribution in [1.29, 1.82) is 5.26 Å². The van der Waals surface area contributed by atoms with Gasteiger partial charge in [-0.15, -0.1) is 0 Å². The summed E-state index contributed by atoms with van der Waals surface area (Å²) >= 11 is 0. The van der Waals surface area contributed by atoms with Crippen LogP contribution in [0, 0.1) is 11.3 Å². The maximum Gasteiger partial charge on any atom is 0.125 e. The van der Waals surface area contributed by atoms with Gasteiger partial charge in [-0.1, -0.05) is 19.1 Å². The molecule has 0 atom stereocenters. The molecule has 2 aromatic rings. The van der Waals surface area contributed by atoms with Gasteiger partial charge in [0.1, 0.15) is 18.1 Å². The summed E-state index contributed by atoms with van der Waals surface area (Å²) in [5, 5.41) is 8.95. The van der Waals surface area contributed by atoms with Crippen molar-refractivity contribution >= 4 is 0 Å². The van der Waals surface area contributed by atoms with E-state index in [9.17, 15) is 0 Å². The fourth-order valence-electron chi connectivity index (χ4n) is 1.98. The summed E-state index contributed by atoms with van der Waals surface area (Å²) in [7, 11) is 1.61. The third-order valence-electron chi connectivity index (χ3n) is 3.11. The predicted octanol–water partition coefficient (Wildman–Crippen LogP) is 3.71. The minimum Gasteiger partial charge on any atom is -0.496 e. The van der Waals surface area contributed by atoms with Gasteiger partial charge < -0.3 is 9.47 Å². The van der Waals surface area contributed by atoms with Crippen molar-refractivity contribution in [3.63, 3.8) is 0 Å². The molecule has 0 aromatic heterocycles. The number of rotatable bonds is 5. The van der Waals surface area contributed by atoms with E-state index in [1.165, 1.54) is 5.56 Å². The average molecular weight is 267 g/mol. The molecule has 0 radical (unpaired) electrons. The van der Waals surface area contributed by atoms with E-state index in [-0.39, 0.29) is 0 Å². The first kappa shape index (κ1) is 14.0. The van der Waals surface area contributed by atoms with E-state index >= 15 is 0 Å². The first-order valence-corrected chi connectivity index (χ1v) is 6.55. The largest absolute Gasteiger partial charge is 0.496 e. The second kappa shape index (κ2) is 6.63. The van der Waals surface area contributed by atoms with Gasteiger partial charge in [-0.2, -0.15) is 5.26 Å². The Morgan fingerprint density at radius 2 is 2.00 bits per heavy atom. The van der Waals surface area contributed by atoms with Crippen molar-refractivity contribution in [2.45, 2.75) is 20.0 Å². The van der Waals surface area contributed by atoms with E-state index < -0.39 is 0 Å². The molecule has 20 heavy (non-hydrogen) atoms. The van der Waals surface area contributed by atoms with Crippen molar-refractivity contribution in [3.8, 4) is 17.6 Å². The molecule has 0 aliphatic heterocycles. The minimum atomic E-state index is 0.381. The molecule has 3 heteroatoms. The minimum absolute atomic E-state index is 0.381. The summed E-state index contributed by atoms with van der Waals surface area (Å²) < 4.78 is 11.1. The Balaban J connectivity index is 2.15. The van der Waals surface area contributed by atoms with Crippen molar-refractivity contribution < 1.29 is 9.47 Å². The van der Waals surface area contributed by atoms with Crippen LogP contribution in [0.3, 0.4) is 0 Å². The highest BCUT2D eigenvalue weighted by atomic mass is 16.5. The van der Waals surface area contributed by atoms with Crippen LogP contribution in [0.25, 0.3) is 0 Å². The average Bonchev–Trinajstić information content (AvgIpc) is 2.52. The van der Waals surface area contributed by atoms with Gasteiger partial charge in [0, 0.05) is 5.56 Å². The lowest BCUT2D eigenvalue weighted by molar-refractivity contribution is 0.296. The van der Waals surface area contributed by atoms with Crippen LogP contribution in [0.15, 0.2) is 42.5 Å². The summed E-state index contributed by atoms with van der Waals surface area (Å²) in [5.41, 5.74) is 2.71. The first-order valence-electron chi connectivity index (χ1n) is 6.55. The number of methoxy groups -OCH3 is 1. The number of ether oxygens (including phenoxy) is 2. The van der Waals surface area contributed by atoms with Crippen molar-refractivity contribution in [3.05, 3.63) is 59.2 Å². The summed E-state index contributed by atoms with van der Waals surface area (Å²) in [6.07, 6.45) is 0.977. The van der Waals surface area contributed by atoms with E-state index in [1.807, 2.05) is 18.2 Å². The van der Waals surface area contributed by atoms with Gasteiger partial charge in [0.25, 0.3) is 0 Å². The third kappa shape index (κ3) is 3.30. The molecule has 0 amide bonds. The molecule has 0 bridgehead atoms. The van der Waals surface area contributed by atoms with Gasteiger partial charge in [-0.05, 0) is 42.3 Å². The van der Waals surface area contributed by atoms with Crippen molar-refractivity contribution in [1.82, 2.24) is 0 Å². The number of aryl methyl sites for hydroxylation is 1. The molecule has 0 aliphatic carbocycles. The van der Waals surface area contributed by atoms with Gasteiger partial charge in [-0.25, -0.2) is 0 Å². The topological polar surface area (TPSA) is 42.2 Å². The third-order valence-corrected chi connectivity index (χ3v) is 3.11. The lowest BCUT2D eigenvalue weighted by Gasteiger charge is -2.11. The van der Waals surface area contributed by atoms with Crippen LogP contribution in [-0.2, 0) is 13.0 Å². The lowest BCUT2D eigenvalue weighted by Crippen LogP contribution is -1.99. The fraction of sp³-hybridized carbons (Fsp3) is 0.235. The van der Waals surface area contributed by atoms with Crippen LogP contribution in [-0.4, -0.2) is 7.11 Å². The summed E-state index contributed by atoms with van der Waals surface area (Å²) in [4.78, 5) is 0. The highest BCUT2D eigenvalue weighted by Gasteiger charge is 2.06. The Morgan fingerprint density at radius 1 is 1.15 bits per heavy atom. The molecule has 2 aromatic carbocycles. The molecule has 0 aliphatic rings. The maximum atomic E-state index is 8.95. The van der Waals surface area contributed by atoms with E-state index in [4.69, 9.17) is 14.7 Å². The molecule has 102 valence electrons. The van der Waals surface area contributed by atoms with Crippen LogP contribution in [0.1, 0.15) is 23.6 Å². The van der Waals surface area contributed by atoms with Crippen LogP contribution in [0.5, 0.6) is 11.5 Å². The Hall–Kier alpha value is -2.47. The van der Waals surface area contributed by atoms with Crippen LogP contribution in [0.2, 0.25) is 0 Å². The molecule has 0 saturated carbocycles. The van der Waals surface area contributed by atoms with Crippen molar-refractivity contribution in [2.75, 3.05) is 7.11 Å². The Bertz CT molecular complexity index is 629. The molecular weight excluding hydrogens is 250 g/mol. The zero-order valence-electron chi connectivity index (χ0n) is 11.7. The van der Waals surface area contributed by atoms with Gasteiger partial charge in [0.05, 0.1) is 18.7 Å². The number of benzene rings is 2. The van der Waals surface area contributed by atoms with E-state index in [0.29, 0.717) is 12.2 Å². The van der Waals surface area contributed by atoms with E-state index in [0.717, 1.165) is 23.5 Å². The Labute approximate surface area is 119 Å². The summed E-state index contributed by atoms with van der Waals surface area (Å²) in [6.45, 7) is 2.49. The van der Waals surface area contributed by atoms with Crippen LogP contribution >= 0.6 is 0 Å². The Morgan fingerprint density at radius 3 is 2.70 bits per heavy atom. The smallest absolute Gasteiger partial charge is 0.125 e. The zero-order valence-corrected chi connectivity index (χ0v) is 11.7. The number of hydrogen-bond acceptors (Lipinski definition) is 3. The second-order valence-electron chi connectivity index (χ2n) is 4.43. The monoisotopic (exact) mass is 267 g/mol. The quantitative estimate of drug-likeness (QED) is 0.829. The second-order valence-corrected chi connectivity index (χ2v) is 4.43. The molecule has 0 saturated heterocycles. The SMILES string of the molecule is CCc1cccc(OCc2cc(C#N)ccc2OC)c1. The molecular formula is C17H17NO2. The van der Waals surface area contributed by atoms with Gasteiger partial charge in [0.15, 0.2) is 0 Å². The molecule has 3 nitrogen and oxygen atoms in total. The number of nitrogens with zero attached hydrogens (tertiary/aromatic N) is 1. The summed E-state index contributed by atoms with van der Waals surface area (Å²) in [6, 6.07) is 15.5. The van der Waals surface area contributed by atoms with Crippen LogP contribution in [0.4, 0.5) is 0 Å². The highest BCUT2D eigenvalue weighted by molar-refractivity contribution is 5.42. The zero-order chi connectivity index (χ0) is 14.4. The highest BCUT2D eigenvalue weighted by Crippen LogP contribution is 2.22. The molecule has 0 fully saturated rings. The normalized spacial score (nSPS) is 9.85. The van der Waals surface area contributed by atoms with E-state index in [1.54, 1.807) is 25.3 Å². The predicted molar refractivity (Wildman–Crippen MR) is 77.9 cm³/mol. The lowest BCUT2D eigenvalue weighted by atomic mass is 10.1. The molecule has 0 spiro atoms. The molecule has 0 heterocycles. The first-order chi connectivity index (χ1) is 9.76. The van der Waals surface area contributed by atoms with Gasteiger partial charge >= 0.3 is 0 Å². The number of hydrogen-bond donors (Lipinski definition) is 0. The van der Waals surface area contributed by atoms with E-state index in [2.05, 4.69) is 19.1 Å². The molecule has 0 unspecified atom stereocenters. The maximum absolute atomic E-state index is 8.95.